The summed E-state index contributed by atoms with van der Waals surface area (Å²) in [7, 11) is 0. The first kappa shape index (κ1) is 19.3. The Morgan fingerprint density at radius 1 is 1.17 bits per heavy atom. The quantitative estimate of drug-likeness (QED) is 0.425. The van der Waals surface area contributed by atoms with Gasteiger partial charge in [-0.05, 0) is 37.5 Å². The van der Waals surface area contributed by atoms with Gasteiger partial charge in [-0.3, -0.25) is 4.79 Å². The number of rotatable bonds is 4. The highest BCUT2D eigenvalue weighted by Crippen LogP contribution is 2.38. The Bertz CT molecular complexity index is 1180. The van der Waals surface area contributed by atoms with Crippen LogP contribution in [-0.4, -0.2) is 32.1 Å². The van der Waals surface area contributed by atoms with E-state index in [0.717, 1.165) is 33.6 Å². The van der Waals surface area contributed by atoms with Crippen molar-refractivity contribution in [1.29, 1.82) is 0 Å². The number of thiazole rings is 1. The van der Waals surface area contributed by atoms with Gasteiger partial charge in [0, 0.05) is 6.54 Å². The van der Waals surface area contributed by atoms with Gasteiger partial charge in [0.15, 0.2) is 0 Å². The van der Waals surface area contributed by atoms with Gasteiger partial charge >= 0.3 is 0 Å². The molecular weight excluding hydrogens is 416 g/mol. The van der Waals surface area contributed by atoms with Gasteiger partial charge in [0.1, 0.15) is 10.2 Å². The highest BCUT2D eigenvalue weighted by molar-refractivity contribution is 7.18. The maximum Gasteiger partial charge on any atom is 0.259 e. The van der Waals surface area contributed by atoms with Crippen molar-refractivity contribution in [3.05, 3.63) is 81.6 Å². The molecule has 1 aliphatic heterocycles. The summed E-state index contributed by atoms with van der Waals surface area (Å²) in [6.07, 6.45) is 1.88. The third-order valence-corrected chi connectivity index (χ3v) is 7.09. The maximum absolute atomic E-state index is 13.5. The summed E-state index contributed by atoms with van der Waals surface area (Å²) in [6.45, 7) is 3.09. The normalized spacial score (nSPS) is 16.5. The maximum atomic E-state index is 13.5. The lowest BCUT2D eigenvalue weighted by Gasteiger charge is -2.23. The van der Waals surface area contributed by atoms with E-state index < -0.39 is 0 Å². The molecule has 1 fully saturated rings. The van der Waals surface area contributed by atoms with Crippen molar-refractivity contribution in [3.63, 3.8) is 0 Å². The Morgan fingerprint density at radius 3 is 2.73 bits per heavy atom. The van der Waals surface area contributed by atoms with Crippen molar-refractivity contribution >= 4 is 39.1 Å². The van der Waals surface area contributed by atoms with Crippen molar-refractivity contribution in [3.8, 4) is 0 Å². The summed E-state index contributed by atoms with van der Waals surface area (Å²) in [6, 6.07) is 18.1. The molecule has 7 heteroatoms. The van der Waals surface area contributed by atoms with E-state index in [1.54, 1.807) is 16.0 Å². The number of aryl methyl sites for hydroxylation is 1. The van der Waals surface area contributed by atoms with E-state index >= 15 is 0 Å². The largest absolute Gasteiger partial charge is 0.329 e. The summed E-state index contributed by atoms with van der Waals surface area (Å²) in [5.74, 6) is -0.0569. The van der Waals surface area contributed by atoms with Crippen LogP contribution in [0.25, 0.3) is 10.2 Å². The Labute approximate surface area is 183 Å². The zero-order chi connectivity index (χ0) is 20.7. The minimum Gasteiger partial charge on any atom is -0.329 e. The lowest BCUT2D eigenvalue weighted by Crippen LogP contribution is -2.31. The van der Waals surface area contributed by atoms with E-state index in [1.807, 2.05) is 60.4 Å². The second-order valence-electron chi connectivity index (χ2n) is 7.57. The number of fused-ring (bicyclic) bond motifs is 1. The smallest absolute Gasteiger partial charge is 0.259 e. The van der Waals surface area contributed by atoms with Gasteiger partial charge in [-0.2, -0.15) is 5.10 Å². The second kappa shape index (κ2) is 7.85. The number of carbonyl (C=O) groups is 1. The second-order valence-corrected chi connectivity index (χ2v) is 8.99. The minimum atomic E-state index is -0.0569. The molecule has 0 radical (unpaired) electrons. The zero-order valence-electron chi connectivity index (χ0n) is 16.6. The minimum absolute atomic E-state index is 0.0113. The van der Waals surface area contributed by atoms with Gasteiger partial charge in [0.05, 0.1) is 34.1 Å². The molecule has 0 bridgehead atoms. The van der Waals surface area contributed by atoms with Gasteiger partial charge in [-0.1, -0.05) is 54.1 Å². The van der Waals surface area contributed by atoms with Crippen molar-refractivity contribution in [2.75, 3.05) is 6.54 Å². The van der Waals surface area contributed by atoms with Gasteiger partial charge in [-0.25, -0.2) is 9.67 Å². The molecule has 1 amide bonds. The Kier molecular flexibility index (Phi) is 5.05. The molecule has 0 aliphatic carbocycles. The average Bonchev–Trinajstić information content (AvgIpc) is 3.46. The molecule has 3 heterocycles. The fourth-order valence-corrected chi connectivity index (χ4v) is 5.53. The third-order valence-electron chi connectivity index (χ3n) is 5.56. The number of hydrogen-bond acceptors (Lipinski definition) is 4. The summed E-state index contributed by atoms with van der Waals surface area (Å²) < 4.78 is 2.86. The molecule has 1 unspecified atom stereocenters. The van der Waals surface area contributed by atoms with Crippen molar-refractivity contribution in [1.82, 2.24) is 19.7 Å². The number of nitrogens with zero attached hydrogens (tertiary/aromatic N) is 4. The highest BCUT2D eigenvalue weighted by atomic mass is 35.5. The predicted molar refractivity (Wildman–Crippen MR) is 120 cm³/mol. The van der Waals surface area contributed by atoms with E-state index in [9.17, 15) is 4.79 Å². The number of para-hydroxylation sites is 1. The summed E-state index contributed by atoms with van der Waals surface area (Å²) in [4.78, 5) is 20.2. The third kappa shape index (κ3) is 3.40. The predicted octanol–water partition coefficient (Wildman–Crippen LogP) is 5.48. The Morgan fingerprint density at radius 2 is 1.93 bits per heavy atom. The van der Waals surface area contributed by atoms with Crippen molar-refractivity contribution in [2.45, 2.75) is 32.4 Å². The monoisotopic (exact) mass is 436 g/mol. The molecule has 1 saturated heterocycles. The molecule has 4 aromatic rings. The Balaban J connectivity index is 1.45. The molecule has 0 saturated carbocycles. The number of likely N-dealkylation sites (tertiary alicyclic amines) is 1. The zero-order valence-corrected chi connectivity index (χ0v) is 18.2. The van der Waals surface area contributed by atoms with Crippen LogP contribution in [0.1, 0.15) is 45.5 Å². The van der Waals surface area contributed by atoms with Crippen molar-refractivity contribution < 1.29 is 4.79 Å². The van der Waals surface area contributed by atoms with E-state index in [0.29, 0.717) is 29.5 Å². The molecule has 2 aromatic carbocycles. The molecule has 0 spiro atoms. The van der Waals surface area contributed by atoms with Crippen LogP contribution in [0.4, 0.5) is 0 Å². The number of carbonyl (C=O) groups excluding carboxylic acids is 1. The first-order valence-corrected chi connectivity index (χ1v) is 11.2. The number of halogens is 1. The van der Waals surface area contributed by atoms with E-state index in [-0.39, 0.29) is 11.9 Å². The van der Waals surface area contributed by atoms with Gasteiger partial charge < -0.3 is 4.90 Å². The van der Waals surface area contributed by atoms with E-state index in [1.165, 1.54) is 0 Å². The molecule has 30 heavy (non-hydrogen) atoms. The molecule has 5 rings (SSSR count). The summed E-state index contributed by atoms with van der Waals surface area (Å²) >= 11 is 8.32. The van der Waals surface area contributed by atoms with Gasteiger partial charge in [-0.15, -0.1) is 11.3 Å². The van der Waals surface area contributed by atoms with Crippen LogP contribution >= 0.6 is 22.9 Å². The van der Waals surface area contributed by atoms with Crippen LogP contribution in [0, 0.1) is 6.92 Å². The first-order chi connectivity index (χ1) is 14.6. The van der Waals surface area contributed by atoms with Crippen LogP contribution < -0.4 is 0 Å². The van der Waals surface area contributed by atoms with Gasteiger partial charge in [0.2, 0.25) is 0 Å². The lowest BCUT2D eigenvalue weighted by atomic mass is 10.2. The number of amides is 1. The van der Waals surface area contributed by atoms with Crippen LogP contribution in [0.2, 0.25) is 5.15 Å². The molecule has 2 aromatic heterocycles. The summed E-state index contributed by atoms with van der Waals surface area (Å²) in [5, 5.41) is 5.95. The van der Waals surface area contributed by atoms with Crippen LogP contribution in [-0.2, 0) is 6.54 Å². The molecule has 1 aliphatic rings. The van der Waals surface area contributed by atoms with Crippen LogP contribution in [0.5, 0.6) is 0 Å². The topological polar surface area (TPSA) is 51.0 Å². The van der Waals surface area contributed by atoms with E-state index in [2.05, 4.69) is 11.2 Å². The fraction of sp³-hybridized carbons (Fsp3) is 0.261. The average molecular weight is 437 g/mol. The molecule has 0 N–H and O–H groups in total. The lowest BCUT2D eigenvalue weighted by molar-refractivity contribution is 0.0735. The van der Waals surface area contributed by atoms with Crippen molar-refractivity contribution in [2.24, 2.45) is 0 Å². The SMILES string of the molecule is Cc1nn(Cc2ccccc2)c(Cl)c1C(=O)N1CCCC1c1nc2ccccc2s1. The molecule has 152 valence electrons. The molecule has 1 atom stereocenters. The van der Waals surface area contributed by atoms with Gasteiger partial charge in [0.25, 0.3) is 5.91 Å². The molecule has 5 nitrogen and oxygen atoms in total. The molecular formula is C23H21ClN4OS. The first-order valence-electron chi connectivity index (χ1n) is 10.0. The summed E-state index contributed by atoms with van der Waals surface area (Å²) in [5.41, 5.74) is 3.24. The Hall–Kier alpha value is -2.70. The fourth-order valence-electron chi connectivity index (χ4n) is 4.10. The number of benzene rings is 2. The highest BCUT2D eigenvalue weighted by Gasteiger charge is 2.35. The number of hydrogen-bond donors (Lipinski definition) is 0. The van der Waals surface area contributed by atoms with Crippen LogP contribution in [0.15, 0.2) is 54.6 Å². The van der Waals surface area contributed by atoms with E-state index in [4.69, 9.17) is 16.6 Å². The van der Waals surface area contributed by atoms with Crippen LogP contribution in [0.3, 0.4) is 0 Å². The number of aromatic nitrogens is 3. The standard InChI is InChI=1S/C23H21ClN4OS/c1-15-20(21(24)28(26-15)14-16-8-3-2-4-9-16)23(29)27-13-7-11-18(27)22-25-17-10-5-6-12-19(17)30-22/h2-6,8-10,12,18H,7,11,13-14H2,1H3.